The fraction of sp³-hybridized carbons (Fsp3) is 0.667. The van der Waals surface area contributed by atoms with E-state index in [0.717, 1.165) is 23.9 Å². The van der Waals surface area contributed by atoms with Gasteiger partial charge in [-0.1, -0.05) is 6.92 Å². The molecule has 0 radical (unpaired) electrons. The van der Waals surface area contributed by atoms with Crippen molar-refractivity contribution in [1.82, 2.24) is 4.90 Å². The molecule has 1 atom stereocenters. The van der Waals surface area contributed by atoms with Crippen LogP contribution in [0.3, 0.4) is 0 Å². The molecule has 2 rings (SSSR count). The summed E-state index contributed by atoms with van der Waals surface area (Å²) in [5.74, 6) is 1.05. The Morgan fingerprint density at radius 1 is 1.60 bits per heavy atom. The van der Waals surface area contributed by atoms with Gasteiger partial charge in [-0.25, -0.2) is 0 Å². The van der Waals surface area contributed by atoms with E-state index in [4.69, 9.17) is 10.2 Å². The Morgan fingerprint density at radius 2 is 2.47 bits per heavy atom. The zero-order valence-electron chi connectivity index (χ0n) is 9.41. The van der Waals surface area contributed by atoms with Gasteiger partial charge >= 0.3 is 0 Å². The minimum atomic E-state index is 0.570. The van der Waals surface area contributed by atoms with E-state index in [-0.39, 0.29) is 0 Å². The molecule has 1 aromatic rings. The first-order valence-electron chi connectivity index (χ1n) is 5.84. The van der Waals surface area contributed by atoms with Crippen molar-refractivity contribution >= 4 is 0 Å². The van der Waals surface area contributed by atoms with E-state index >= 15 is 0 Å². The number of furan rings is 1. The molecule has 0 aliphatic carbocycles. The van der Waals surface area contributed by atoms with Crippen LogP contribution in [0.4, 0.5) is 0 Å². The van der Waals surface area contributed by atoms with Crippen molar-refractivity contribution in [1.29, 1.82) is 0 Å². The molecule has 0 aromatic carbocycles. The highest BCUT2D eigenvalue weighted by Crippen LogP contribution is 2.22. The molecule has 2 N–H and O–H groups in total. The summed E-state index contributed by atoms with van der Waals surface area (Å²) in [6.07, 6.45) is 5.67. The van der Waals surface area contributed by atoms with Crippen LogP contribution in [-0.4, -0.2) is 17.5 Å². The van der Waals surface area contributed by atoms with Gasteiger partial charge in [0.05, 0.1) is 12.8 Å². The molecule has 0 saturated carbocycles. The van der Waals surface area contributed by atoms with Crippen LogP contribution in [0.15, 0.2) is 16.7 Å². The highest BCUT2D eigenvalue weighted by molar-refractivity contribution is 5.12. The lowest BCUT2D eigenvalue weighted by molar-refractivity contribution is 0.221. The number of rotatable bonds is 4. The van der Waals surface area contributed by atoms with Crippen molar-refractivity contribution in [3.8, 4) is 0 Å². The normalized spacial score (nSPS) is 22.4. The van der Waals surface area contributed by atoms with Crippen molar-refractivity contribution < 1.29 is 4.42 Å². The molecule has 15 heavy (non-hydrogen) atoms. The zero-order chi connectivity index (χ0) is 10.7. The smallest absolute Gasteiger partial charge is 0.118 e. The second-order valence-electron chi connectivity index (χ2n) is 4.30. The second kappa shape index (κ2) is 4.81. The Labute approximate surface area is 91.2 Å². The topological polar surface area (TPSA) is 42.4 Å². The molecule has 0 spiro atoms. The molecule has 1 saturated heterocycles. The molecule has 3 nitrogen and oxygen atoms in total. The van der Waals surface area contributed by atoms with Gasteiger partial charge in [0.2, 0.25) is 0 Å². The standard InChI is InChI=1S/C12H20N2O/c1-2-11-4-3-5-14(11)8-12-6-10(7-13)9-15-12/h6,9,11H,2-5,7-8,13H2,1H3. The fourth-order valence-corrected chi connectivity index (χ4v) is 2.38. The van der Waals surface area contributed by atoms with E-state index in [0.29, 0.717) is 6.54 Å². The Hall–Kier alpha value is -0.800. The van der Waals surface area contributed by atoms with Crippen molar-refractivity contribution in [3.63, 3.8) is 0 Å². The highest BCUT2D eigenvalue weighted by atomic mass is 16.3. The maximum atomic E-state index is 5.55. The van der Waals surface area contributed by atoms with Gasteiger partial charge in [0.1, 0.15) is 5.76 Å². The third-order valence-electron chi connectivity index (χ3n) is 3.27. The Kier molecular flexibility index (Phi) is 3.44. The Balaban J connectivity index is 1.95. The largest absolute Gasteiger partial charge is 0.468 e. The highest BCUT2D eigenvalue weighted by Gasteiger charge is 2.23. The zero-order valence-corrected chi connectivity index (χ0v) is 9.41. The van der Waals surface area contributed by atoms with Crippen LogP contribution in [0.5, 0.6) is 0 Å². The maximum Gasteiger partial charge on any atom is 0.118 e. The Morgan fingerprint density at radius 3 is 3.13 bits per heavy atom. The predicted octanol–water partition coefficient (Wildman–Crippen LogP) is 2.11. The van der Waals surface area contributed by atoms with Gasteiger partial charge in [0.25, 0.3) is 0 Å². The lowest BCUT2D eigenvalue weighted by Crippen LogP contribution is -2.27. The van der Waals surface area contributed by atoms with E-state index in [1.165, 1.54) is 25.8 Å². The van der Waals surface area contributed by atoms with E-state index < -0.39 is 0 Å². The SMILES string of the molecule is CCC1CCCN1Cc1cc(CN)co1. The molecule has 84 valence electrons. The quantitative estimate of drug-likeness (QED) is 0.824. The minimum absolute atomic E-state index is 0.570. The first-order chi connectivity index (χ1) is 7.33. The first kappa shape index (κ1) is 10.7. The van der Waals surface area contributed by atoms with Gasteiger partial charge in [0, 0.05) is 18.2 Å². The molecule has 0 bridgehead atoms. The first-order valence-corrected chi connectivity index (χ1v) is 5.84. The van der Waals surface area contributed by atoms with E-state index in [2.05, 4.69) is 17.9 Å². The summed E-state index contributed by atoms with van der Waals surface area (Å²) in [5.41, 5.74) is 6.65. The lowest BCUT2D eigenvalue weighted by Gasteiger charge is -2.21. The number of nitrogens with zero attached hydrogens (tertiary/aromatic N) is 1. The Bertz CT molecular complexity index is 308. The summed E-state index contributed by atoms with van der Waals surface area (Å²) < 4.78 is 5.49. The summed E-state index contributed by atoms with van der Waals surface area (Å²) in [5, 5.41) is 0. The van der Waals surface area contributed by atoms with Gasteiger partial charge in [-0.3, -0.25) is 4.90 Å². The van der Waals surface area contributed by atoms with Gasteiger partial charge in [-0.2, -0.15) is 0 Å². The number of hydrogen-bond acceptors (Lipinski definition) is 3. The summed E-state index contributed by atoms with van der Waals surface area (Å²) >= 11 is 0. The molecule has 1 aliphatic heterocycles. The molecule has 1 fully saturated rings. The van der Waals surface area contributed by atoms with Crippen LogP contribution in [0.1, 0.15) is 37.5 Å². The molecule has 1 unspecified atom stereocenters. The summed E-state index contributed by atoms with van der Waals surface area (Å²) in [6.45, 7) is 4.98. The number of hydrogen-bond donors (Lipinski definition) is 1. The minimum Gasteiger partial charge on any atom is -0.468 e. The van der Waals surface area contributed by atoms with E-state index in [1.54, 1.807) is 6.26 Å². The van der Waals surface area contributed by atoms with E-state index in [9.17, 15) is 0 Å². The molecular formula is C12H20N2O. The van der Waals surface area contributed by atoms with Crippen LogP contribution in [0, 0.1) is 0 Å². The van der Waals surface area contributed by atoms with Crippen LogP contribution < -0.4 is 5.73 Å². The van der Waals surface area contributed by atoms with Crippen molar-refractivity contribution in [2.45, 2.75) is 45.3 Å². The molecule has 2 heterocycles. The lowest BCUT2D eigenvalue weighted by atomic mass is 10.2. The molecule has 3 heteroatoms. The van der Waals surface area contributed by atoms with Crippen LogP contribution in [-0.2, 0) is 13.1 Å². The summed E-state index contributed by atoms with van der Waals surface area (Å²) in [4.78, 5) is 2.51. The average Bonchev–Trinajstić information content (AvgIpc) is 2.87. The van der Waals surface area contributed by atoms with E-state index in [1.807, 2.05) is 0 Å². The van der Waals surface area contributed by atoms with Gasteiger partial charge in [-0.15, -0.1) is 0 Å². The maximum absolute atomic E-state index is 5.55. The summed E-state index contributed by atoms with van der Waals surface area (Å²) in [6, 6.07) is 2.82. The monoisotopic (exact) mass is 208 g/mol. The summed E-state index contributed by atoms with van der Waals surface area (Å²) in [7, 11) is 0. The van der Waals surface area contributed by atoms with Gasteiger partial charge in [-0.05, 0) is 31.9 Å². The van der Waals surface area contributed by atoms with Crippen molar-refractivity contribution in [2.75, 3.05) is 6.54 Å². The molecular weight excluding hydrogens is 188 g/mol. The molecule has 1 aliphatic rings. The molecule has 1 aromatic heterocycles. The second-order valence-corrected chi connectivity index (χ2v) is 4.30. The fourth-order valence-electron chi connectivity index (χ4n) is 2.38. The molecule has 0 amide bonds. The van der Waals surface area contributed by atoms with Crippen LogP contribution in [0.2, 0.25) is 0 Å². The average molecular weight is 208 g/mol. The van der Waals surface area contributed by atoms with Crippen LogP contribution in [0.25, 0.3) is 0 Å². The van der Waals surface area contributed by atoms with Crippen molar-refractivity contribution in [2.24, 2.45) is 5.73 Å². The van der Waals surface area contributed by atoms with Gasteiger partial charge in [0.15, 0.2) is 0 Å². The van der Waals surface area contributed by atoms with Gasteiger partial charge < -0.3 is 10.2 Å². The number of likely N-dealkylation sites (tertiary alicyclic amines) is 1. The predicted molar refractivity (Wildman–Crippen MR) is 60.3 cm³/mol. The third-order valence-corrected chi connectivity index (χ3v) is 3.27. The number of nitrogens with two attached hydrogens (primary N) is 1. The van der Waals surface area contributed by atoms with Crippen LogP contribution >= 0.6 is 0 Å². The van der Waals surface area contributed by atoms with Crippen molar-refractivity contribution in [3.05, 3.63) is 23.7 Å². The third kappa shape index (κ3) is 2.41.